The average Bonchev–Trinajstić information content (AvgIpc) is 2.91. The van der Waals surface area contributed by atoms with Crippen LogP contribution in [0, 0.1) is 0 Å². The Morgan fingerprint density at radius 3 is 2.71 bits per heavy atom. The van der Waals surface area contributed by atoms with Crippen molar-refractivity contribution in [3.8, 4) is 0 Å². The van der Waals surface area contributed by atoms with Crippen LogP contribution >= 0.6 is 23.7 Å². The average molecular weight is 382 g/mol. The SMILES string of the molecule is CNC(C)CNC(=O)CCc1nc2cc(C(F)(F)F)ccc2s1.Cl. The van der Waals surface area contributed by atoms with Gasteiger partial charge >= 0.3 is 6.18 Å². The van der Waals surface area contributed by atoms with Crippen molar-refractivity contribution in [3.05, 3.63) is 28.8 Å². The third-order valence-electron chi connectivity index (χ3n) is 3.42. The number of aromatic nitrogens is 1. The Kier molecular flexibility index (Phi) is 7.44. The quantitative estimate of drug-likeness (QED) is 0.806. The van der Waals surface area contributed by atoms with Crippen molar-refractivity contribution >= 4 is 39.9 Å². The van der Waals surface area contributed by atoms with Crippen molar-refractivity contribution in [2.75, 3.05) is 13.6 Å². The molecule has 0 aliphatic heterocycles. The van der Waals surface area contributed by atoms with E-state index >= 15 is 0 Å². The minimum absolute atomic E-state index is 0. The van der Waals surface area contributed by atoms with Crippen LogP contribution in [0.25, 0.3) is 10.2 Å². The van der Waals surface area contributed by atoms with Crippen LogP contribution in [-0.4, -0.2) is 30.5 Å². The van der Waals surface area contributed by atoms with E-state index in [2.05, 4.69) is 15.6 Å². The lowest BCUT2D eigenvalue weighted by atomic mass is 10.2. The van der Waals surface area contributed by atoms with Crippen molar-refractivity contribution in [3.63, 3.8) is 0 Å². The molecule has 1 aromatic heterocycles. The molecule has 9 heteroatoms. The van der Waals surface area contributed by atoms with Gasteiger partial charge in [0.2, 0.25) is 5.91 Å². The van der Waals surface area contributed by atoms with Crippen LogP contribution < -0.4 is 10.6 Å². The largest absolute Gasteiger partial charge is 0.416 e. The van der Waals surface area contributed by atoms with Gasteiger partial charge in [-0.3, -0.25) is 4.79 Å². The van der Waals surface area contributed by atoms with E-state index in [9.17, 15) is 18.0 Å². The van der Waals surface area contributed by atoms with E-state index in [0.717, 1.165) is 12.1 Å². The molecule has 1 heterocycles. The molecule has 0 fully saturated rings. The van der Waals surface area contributed by atoms with Crippen LogP contribution in [0.4, 0.5) is 13.2 Å². The fourth-order valence-corrected chi connectivity index (χ4v) is 2.88. The number of carbonyl (C=O) groups excluding carboxylic acids is 1. The van der Waals surface area contributed by atoms with E-state index < -0.39 is 11.7 Å². The number of amides is 1. The van der Waals surface area contributed by atoms with Crippen LogP contribution in [0.5, 0.6) is 0 Å². The Morgan fingerprint density at radius 2 is 2.08 bits per heavy atom. The first-order valence-electron chi connectivity index (χ1n) is 7.20. The smallest absolute Gasteiger partial charge is 0.355 e. The molecule has 0 bridgehead atoms. The van der Waals surface area contributed by atoms with Gasteiger partial charge in [-0.1, -0.05) is 0 Å². The predicted molar refractivity (Wildman–Crippen MR) is 91.7 cm³/mol. The van der Waals surface area contributed by atoms with Gasteiger partial charge < -0.3 is 10.6 Å². The number of alkyl halides is 3. The number of likely N-dealkylation sites (N-methyl/N-ethyl adjacent to an activating group) is 1. The maximum absolute atomic E-state index is 12.7. The summed E-state index contributed by atoms with van der Waals surface area (Å²) in [6.07, 6.45) is -3.69. The summed E-state index contributed by atoms with van der Waals surface area (Å²) in [4.78, 5) is 15.9. The molecule has 2 rings (SSSR count). The lowest BCUT2D eigenvalue weighted by Gasteiger charge is -2.10. The summed E-state index contributed by atoms with van der Waals surface area (Å²) in [5.74, 6) is -0.0951. The first kappa shape index (κ1) is 20.7. The molecule has 24 heavy (non-hydrogen) atoms. The number of hydrogen-bond acceptors (Lipinski definition) is 4. The van der Waals surface area contributed by atoms with Gasteiger partial charge in [0.05, 0.1) is 20.8 Å². The second kappa shape index (κ2) is 8.64. The summed E-state index contributed by atoms with van der Waals surface area (Å²) in [5, 5.41) is 6.47. The normalized spacial score (nSPS) is 12.7. The van der Waals surface area contributed by atoms with Gasteiger partial charge in [0.25, 0.3) is 0 Å². The highest BCUT2D eigenvalue weighted by Crippen LogP contribution is 2.33. The standard InChI is InChI=1S/C15H18F3N3OS.ClH/c1-9(19-2)8-20-13(22)5-6-14-21-11-7-10(15(16,17)18)3-4-12(11)23-14;/h3-4,7,9,19H,5-6,8H2,1-2H3,(H,20,22);1H. The molecule has 2 N–H and O–H groups in total. The number of carbonyl (C=O) groups is 1. The highest BCUT2D eigenvalue weighted by Gasteiger charge is 2.30. The number of nitrogens with zero attached hydrogens (tertiary/aromatic N) is 1. The second-order valence-corrected chi connectivity index (χ2v) is 6.40. The van der Waals surface area contributed by atoms with E-state index in [0.29, 0.717) is 28.2 Å². The fourth-order valence-electron chi connectivity index (χ4n) is 1.94. The highest BCUT2D eigenvalue weighted by atomic mass is 35.5. The maximum Gasteiger partial charge on any atom is 0.416 e. The molecule has 0 aliphatic carbocycles. The Labute approximate surface area is 148 Å². The van der Waals surface area contributed by atoms with Crippen molar-refractivity contribution in [2.45, 2.75) is 32.0 Å². The van der Waals surface area contributed by atoms with Gasteiger partial charge in [0.15, 0.2) is 0 Å². The number of benzene rings is 1. The number of rotatable bonds is 6. The molecule has 1 unspecified atom stereocenters. The van der Waals surface area contributed by atoms with Crippen molar-refractivity contribution < 1.29 is 18.0 Å². The molecule has 2 aromatic rings. The van der Waals surface area contributed by atoms with E-state index in [-0.39, 0.29) is 30.8 Å². The van der Waals surface area contributed by atoms with Crippen molar-refractivity contribution in [2.24, 2.45) is 0 Å². The van der Waals surface area contributed by atoms with Crippen LogP contribution in [0.2, 0.25) is 0 Å². The monoisotopic (exact) mass is 381 g/mol. The fraction of sp³-hybridized carbons (Fsp3) is 0.467. The summed E-state index contributed by atoms with van der Waals surface area (Å²) >= 11 is 1.32. The van der Waals surface area contributed by atoms with Crippen molar-refractivity contribution in [1.82, 2.24) is 15.6 Å². The molecule has 0 saturated carbocycles. The van der Waals surface area contributed by atoms with Gasteiger partial charge in [-0.15, -0.1) is 23.7 Å². The first-order valence-corrected chi connectivity index (χ1v) is 8.02. The zero-order valence-electron chi connectivity index (χ0n) is 13.2. The number of aryl methyl sites for hydroxylation is 1. The molecular formula is C15H19ClF3N3OS. The zero-order chi connectivity index (χ0) is 17.0. The van der Waals surface area contributed by atoms with E-state index in [4.69, 9.17) is 0 Å². The van der Waals surface area contributed by atoms with Crippen LogP contribution in [-0.2, 0) is 17.4 Å². The summed E-state index contributed by atoms with van der Waals surface area (Å²) in [7, 11) is 1.81. The molecule has 1 aromatic carbocycles. The Bertz CT molecular complexity index is 690. The minimum atomic E-state index is -4.37. The molecular weight excluding hydrogens is 363 g/mol. The zero-order valence-corrected chi connectivity index (χ0v) is 14.9. The van der Waals surface area contributed by atoms with Crippen LogP contribution in [0.15, 0.2) is 18.2 Å². The van der Waals surface area contributed by atoms with Gasteiger partial charge in [-0.2, -0.15) is 13.2 Å². The lowest BCUT2D eigenvalue weighted by molar-refractivity contribution is -0.137. The Morgan fingerprint density at radius 1 is 1.38 bits per heavy atom. The number of nitrogens with one attached hydrogen (secondary N) is 2. The predicted octanol–water partition coefficient (Wildman–Crippen LogP) is 3.39. The summed E-state index contributed by atoms with van der Waals surface area (Å²) in [6, 6.07) is 3.70. The van der Waals surface area contributed by atoms with Crippen LogP contribution in [0.1, 0.15) is 23.9 Å². The summed E-state index contributed by atoms with van der Waals surface area (Å²) in [6.45, 7) is 2.48. The summed E-state index contributed by atoms with van der Waals surface area (Å²) in [5.41, 5.74) is -0.385. The van der Waals surface area contributed by atoms with E-state index in [1.807, 2.05) is 14.0 Å². The van der Waals surface area contributed by atoms with Gasteiger partial charge in [-0.25, -0.2) is 4.98 Å². The van der Waals surface area contributed by atoms with Gasteiger partial charge in [0.1, 0.15) is 0 Å². The van der Waals surface area contributed by atoms with Gasteiger partial charge in [0, 0.05) is 25.4 Å². The third kappa shape index (κ3) is 5.61. The maximum atomic E-state index is 12.7. The molecule has 4 nitrogen and oxygen atoms in total. The molecule has 1 amide bonds. The molecule has 0 aliphatic rings. The van der Waals surface area contributed by atoms with Gasteiger partial charge in [-0.05, 0) is 32.2 Å². The topological polar surface area (TPSA) is 54.0 Å². The third-order valence-corrected chi connectivity index (χ3v) is 4.52. The molecule has 1 atom stereocenters. The number of hydrogen-bond donors (Lipinski definition) is 2. The molecule has 0 spiro atoms. The van der Waals surface area contributed by atoms with Crippen LogP contribution in [0.3, 0.4) is 0 Å². The number of halogens is 4. The van der Waals surface area contributed by atoms with Crippen molar-refractivity contribution in [1.29, 1.82) is 0 Å². The number of thiazole rings is 1. The Hall–Kier alpha value is -1.38. The number of fused-ring (bicyclic) bond motifs is 1. The minimum Gasteiger partial charge on any atom is -0.355 e. The van der Waals surface area contributed by atoms with E-state index in [1.54, 1.807) is 0 Å². The second-order valence-electron chi connectivity index (χ2n) is 5.28. The lowest BCUT2D eigenvalue weighted by Crippen LogP contribution is -2.37. The highest BCUT2D eigenvalue weighted by molar-refractivity contribution is 7.18. The summed E-state index contributed by atoms with van der Waals surface area (Å²) < 4.78 is 38.7. The van der Waals surface area contributed by atoms with E-state index in [1.165, 1.54) is 17.4 Å². The molecule has 0 radical (unpaired) electrons. The Balaban J connectivity index is 0.00000288. The molecule has 134 valence electrons. The molecule has 0 saturated heterocycles. The first-order chi connectivity index (χ1) is 10.8.